The van der Waals surface area contributed by atoms with Crippen molar-refractivity contribution in [3.8, 4) is 22.5 Å². The molecule has 3 aromatic heterocycles. The first-order valence-electron chi connectivity index (χ1n) is 15.9. The number of aromatic nitrogens is 4. The fraction of sp³-hybridized carbons (Fsp3) is 0.400. The van der Waals surface area contributed by atoms with Crippen molar-refractivity contribution in [2.75, 3.05) is 44.3 Å². The molecule has 8 nitrogen and oxygen atoms in total. The van der Waals surface area contributed by atoms with Gasteiger partial charge in [-0.25, -0.2) is 4.98 Å². The number of hydrogen-bond acceptors (Lipinski definition) is 8. The fourth-order valence-corrected chi connectivity index (χ4v) is 7.87. The Morgan fingerprint density at radius 1 is 0.841 bits per heavy atom. The molecule has 0 unspecified atom stereocenters. The van der Waals surface area contributed by atoms with Gasteiger partial charge in [0, 0.05) is 53.9 Å². The second-order valence-corrected chi connectivity index (χ2v) is 13.7. The minimum atomic E-state index is 0.360. The van der Waals surface area contributed by atoms with Crippen molar-refractivity contribution < 1.29 is 0 Å². The standard InChI is InChI=1S/C35H42N8S/c1-23(2)34-33(24-7-5-4-6-8-24)39-35(44-34)38-26-11-9-25(10-12-26)32-31-29(36)21-37-22-30(31)43(40-32)28-15-13-27(14-16-28)42-19-17-41(3)18-20-42/h4-12,21-23,27-28H,13-20,36H2,1-3H3,(H,38,39). The van der Waals surface area contributed by atoms with Crippen LogP contribution in [0.2, 0.25) is 0 Å². The Bertz CT molecular complexity index is 1710. The molecule has 3 N–H and O–H groups in total. The average molecular weight is 607 g/mol. The van der Waals surface area contributed by atoms with E-state index in [1.807, 2.05) is 12.3 Å². The second kappa shape index (κ2) is 12.3. The molecular weight excluding hydrogens is 565 g/mol. The SMILES string of the molecule is CC(C)c1sc(Nc2ccc(-c3nn(C4CCC(N5CCN(C)CC5)CC4)c4cncc(N)c34)cc2)nc1-c1ccccc1. The molecule has 0 bridgehead atoms. The zero-order valence-electron chi connectivity index (χ0n) is 25.9. The number of fused-ring (bicyclic) bond motifs is 1. The van der Waals surface area contributed by atoms with E-state index in [0.29, 0.717) is 23.7 Å². The predicted molar refractivity (Wildman–Crippen MR) is 183 cm³/mol. The number of thiazole rings is 1. The first-order valence-corrected chi connectivity index (χ1v) is 16.7. The zero-order chi connectivity index (χ0) is 30.2. The van der Waals surface area contributed by atoms with E-state index in [0.717, 1.165) is 57.1 Å². The maximum absolute atomic E-state index is 6.54. The van der Waals surface area contributed by atoms with E-state index in [1.165, 1.54) is 43.9 Å². The lowest BCUT2D eigenvalue weighted by atomic mass is 9.89. The van der Waals surface area contributed by atoms with Gasteiger partial charge in [-0.15, -0.1) is 11.3 Å². The van der Waals surface area contributed by atoms with Crippen molar-refractivity contribution in [2.45, 2.75) is 57.5 Å². The third-order valence-corrected chi connectivity index (χ3v) is 10.6. The van der Waals surface area contributed by atoms with Crippen molar-refractivity contribution >= 4 is 38.7 Å². The lowest BCUT2D eigenvalue weighted by Crippen LogP contribution is -2.49. The highest BCUT2D eigenvalue weighted by Gasteiger charge is 2.30. The van der Waals surface area contributed by atoms with Crippen LogP contribution in [0, 0.1) is 0 Å². The third kappa shape index (κ3) is 5.72. The molecule has 2 aliphatic rings. The second-order valence-electron chi connectivity index (χ2n) is 12.7. The normalized spacial score (nSPS) is 20.0. The average Bonchev–Trinajstić information content (AvgIpc) is 3.66. The highest BCUT2D eigenvalue weighted by Crippen LogP contribution is 2.40. The first kappa shape index (κ1) is 29.0. The van der Waals surface area contributed by atoms with Gasteiger partial charge in [0.1, 0.15) is 5.69 Å². The van der Waals surface area contributed by atoms with Crippen molar-refractivity contribution in [1.82, 2.24) is 29.5 Å². The molecule has 2 aromatic carbocycles. The van der Waals surface area contributed by atoms with Crippen LogP contribution in [0.5, 0.6) is 0 Å². The number of likely N-dealkylation sites (N-methyl/N-ethyl adjacent to an activating group) is 1. The fourth-order valence-electron chi connectivity index (χ4n) is 6.86. The molecule has 44 heavy (non-hydrogen) atoms. The molecule has 0 atom stereocenters. The molecule has 228 valence electrons. The molecule has 0 radical (unpaired) electrons. The van der Waals surface area contributed by atoms with Crippen LogP contribution in [-0.4, -0.2) is 68.8 Å². The Morgan fingerprint density at radius 2 is 1.52 bits per heavy atom. The highest BCUT2D eigenvalue weighted by atomic mass is 32.1. The van der Waals surface area contributed by atoms with Crippen molar-refractivity contribution in [2.24, 2.45) is 0 Å². The molecule has 0 spiro atoms. The first-order chi connectivity index (χ1) is 21.4. The summed E-state index contributed by atoms with van der Waals surface area (Å²) < 4.78 is 2.22. The summed E-state index contributed by atoms with van der Waals surface area (Å²) in [5, 5.41) is 10.7. The van der Waals surface area contributed by atoms with E-state index < -0.39 is 0 Å². The zero-order valence-corrected chi connectivity index (χ0v) is 26.7. The van der Waals surface area contributed by atoms with Gasteiger partial charge in [0.15, 0.2) is 5.13 Å². The maximum atomic E-state index is 6.54. The number of rotatable bonds is 7. The van der Waals surface area contributed by atoms with Gasteiger partial charge in [0.25, 0.3) is 0 Å². The number of hydrogen-bond donors (Lipinski definition) is 2. The maximum Gasteiger partial charge on any atom is 0.187 e. The molecule has 2 fully saturated rings. The Kier molecular flexibility index (Phi) is 8.10. The number of benzene rings is 2. The van der Waals surface area contributed by atoms with Gasteiger partial charge in [0.05, 0.1) is 40.7 Å². The molecular formula is C35H42N8S. The molecule has 9 heteroatoms. The van der Waals surface area contributed by atoms with E-state index in [-0.39, 0.29) is 0 Å². The number of pyridine rings is 1. The summed E-state index contributed by atoms with van der Waals surface area (Å²) in [5.41, 5.74) is 13.4. The Hall–Kier alpha value is -3.79. The van der Waals surface area contributed by atoms with Crippen LogP contribution in [-0.2, 0) is 0 Å². The van der Waals surface area contributed by atoms with Crippen LogP contribution in [0.15, 0.2) is 67.0 Å². The summed E-state index contributed by atoms with van der Waals surface area (Å²) in [6.45, 7) is 9.15. The number of nitrogens with one attached hydrogen (secondary N) is 1. The molecule has 1 saturated heterocycles. The topological polar surface area (TPSA) is 88.1 Å². The Morgan fingerprint density at radius 3 is 2.23 bits per heavy atom. The predicted octanol–water partition coefficient (Wildman–Crippen LogP) is 7.40. The molecule has 4 heterocycles. The summed E-state index contributed by atoms with van der Waals surface area (Å²) >= 11 is 1.72. The van der Waals surface area contributed by atoms with E-state index in [1.54, 1.807) is 17.5 Å². The van der Waals surface area contributed by atoms with E-state index >= 15 is 0 Å². The largest absolute Gasteiger partial charge is 0.397 e. The molecule has 7 rings (SSSR count). The number of nitrogen functional groups attached to an aromatic ring is 1. The molecule has 1 aliphatic heterocycles. The third-order valence-electron chi connectivity index (χ3n) is 9.35. The van der Waals surface area contributed by atoms with Gasteiger partial charge in [-0.3, -0.25) is 14.6 Å². The van der Waals surface area contributed by atoms with Crippen LogP contribution >= 0.6 is 11.3 Å². The lowest BCUT2D eigenvalue weighted by molar-refractivity contribution is 0.0816. The minimum Gasteiger partial charge on any atom is -0.397 e. The monoisotopic (exact) mass is 606 g/mol. The number of nitrogens with two attached hydrogens (primary N) is 1. The minimum absolute atomic E-state index is 0.360. The quantitative estimate of drug-likeness (QED) is 0.200. The Balaban J connectivity index is 1.11. The van der Waals surface area contributed by atoms with E-state index in [4.69, 9.17) is 15.8 Å². The summed E-state index contributed by atoms with van der Waals surface area (Å²) in [6, 6.07) is 20.0. The summed E-state index contributed by atoms with van der Waals surface area (Å²) in [7, 11) is 2.23. The van der Waals surface area contributed by atoms with Crippen LogP contribution in [0.3, 0.4) is 0 Å². The van der Waals surface area contributed by atoms with Crippen molar-refractivity contribution in [1.29, 1.82) is 0 Å². The van der Waals surface area contributed by atoms with Gasteiger partial charge >= 0.3 is 0 Å². The Labute approximate surface area is 263 Å². The highest BCUT2D eigenvalue weighted by molar-refractivity contribution is 7.16. The summed E-state index contributed by atoms with van der Waals surface area (Å²) in [6.07, 6.45) is 8.36. The van der Waals surface area contributed by atoms with Gasteiger partial charge in [-0.1, -0.05) is 56.3 Å². The van der Waals surface area contributed by atoms with E-state index in [9.17, 15) is 0 Å². The van der Waals surface area contributed by atoms with Crippen LogP contribution < -0.4 is 11.1 Å². The number of nitrogens with zero attached hydrogens (tertiary/aromatic N) is 6. The molecule has 1 aliphatic carbocycles. The molecule has 5 aromatic rings. The lowest BCUT2D eigenvalue weighted by Gasteiger charge is -2.41. The van der Waals surface area contributed by atoms with Gasteiger partial charge < -0.3 is 16.0 Å². The van der Waals surface area contributed by atoms with Crippen LogP contribution in [0.25, 0.3) is 33.4 Å². The summed E-state index contributed by atoms with van der Waals surface area (Å²) in [4.78, 5) is 15.9. The molecule has 0 amide bonds. The summed E-state index contributed by atoms with van der Waals surface area (Å²) in [5.74, 6) is 0.394. The smallest absolute Gasteiger partial charge is 0.187 e. The van der Waals surface area contributed by atoms with Crippen LogP contribution in [0.1, 0.15) is 56.4 Å². The van der Waals surface area contributed by atoms with Crippen molar-refractivity contribution in [3.63, 3.8) is 0 Å². The molecule has 1 saturated carbocycles. The van der Waals surface area contributed by atoms with E-state index in [2.05, 4.69) is 94.2 Å². The van der Waals surface area contributed by atoms with Gasteiger partial charge in [0.2, 0.25) is 0 Å². The number of piperazine rings is 1. The van der Waals surface area contributed by atoms with Gasteiger partial charge in [-0.05, 0) is 50.8 Å². The number of anilines is 3. The van der Waals surface area contributed by atoms with Crippen LogP contribution in [0.4, 0.5) is 16.5 Å². The van der Waals surface area contributed by atoms with Gasteiger partial charge in [-0.2, -0.15) is 5.10 Å². The van der Waals surface area contributed by atoms with Crippen molar-refractivity contribution in [3.05, 3.63) is 71.9 Å².